The zero-order chi connectivity index (χ0) is 16.9. The van der Waals surface area contributed by atoms with Gasteiger partial charge in [-0.25, -0.2) is 4.39 Å². The van der Waals surface area contributed by atoms with Crippen molar-refractivity contribution in [2.75, 3.05) is 5.32 Å². The predicted octanol–water partition coefficient (Wildman–Crippen LogP) is 4.00. The van der Waals surface area contributed by atoms with E-state index in [1.807, 2.05) is 12.1 Å². The standard InChI is InChI=1S/C18H12FN3OS/c19-15-3-1-12(2-4-15)9-17(23)22-18-14(11-20)10-16(24-18)13-5-7-21-8-6-13/h1-8,10H,9H2,(H,22,23). The molecule has 0 saturated carbocycles. The van der Waals surface area contributed by atoms with Crippen molar-refractivity contribution in [1.29, 1.82) is 5.26 Å². The molecule has 24 heavy (non-hydrogen) atoms. The van der Waals surface area contributed by atoms with Gasteiger partial charge in [-0.15, -0.1) is 11.3 Å². The van der Waals surface area contributed by atoms with Crippen LogP contribution in [0.1, 0.15) is 11.1 Å². The normalized spacial score (nSPS) is 10.2. The highest BCUT2D eigenvalue weighted by atomic mass is 32.1. The van der Waals surface area contributed by atoms with Crippen LogP contribution in [0.25, 0.3) is 10.4 Å². The lowest BCUT2D eigenvalue weighted by Gasteiger charge is -2.03. The Morgan fingerprint density at radius 1 is 1.21 bits per heavy atom. The lowest BCUT2D eigenvalue weighted by Crippen LogP contribution is -2.14. The third-order valence-corrected chi connectivity index (χ3v) is 4.45. The summed E-state index contributed by atoms with van der Waals surface area (Å²) in [6, 6.07) is 13.3. The summed E-state index contributed by atoms with van der Waals surface area (Å²) in [5.74, 6) is -0.590. The molecular weight excluding hydrogens is 325 g/mol. The van der Waals surface area contributed by atoms with Gasteiger partial charge in [0.05, 0.1) is 12.0 Å². The number of thiophene rings is 1. The number of carbonyl (C=O) groups is 1. The van der Waals surface area contributed by atoms with E-state index in [4.69, 9.17) is 0 Å². The van der Waals surface area contributed by atoms with Crippen LogP contribution >= 0.6 is 11.3 Å². The van der Waals surface area contributed by atoms with Gasteiger partial charge in [0.2, 0.25) is 5.91 Å². The minimum atomic E-state index is -0.342. The summed E-state index contributed by atoms with van der Waals surface area (Å²) < 4.78 is 12.9. The molecule has 2 heterocycles. The van der Waals surface area contributed by atoms with Crippen LogP contribution in [-0.2, 0) is 11.2 Å². The number of rotatable bonds is 4. The Morgan fingerprint density at radius 2 is 1.92 bits per heavy atom. The average molecular weight is 337 g/mol. The number of amides is 1. The summed E-state index contributed by atoms with van der Waals surface area (Å²) in [7, 11) is 0. The van der Waals surface area contributed by atoms with Crippen LogP contribution in [0, 0.1) is 17.1 Å². The largest absolute Gasteiger partial charge is 0.316 e. The Hall–Kier alpha value is -3.04. The van der Waals surface area contributed by atoms with Crippen LogP contribution < -0.4 is 5.32 Å². The number of hydrogen-bond donors (Lipinski definition) is 1. The van der Waals surface area contributed by atoms with Gasteiger partial charge in [-0.05, 0) is 41.5 Å². The fraction of sp³-hybridized carbons (Fsp3) is 0.0556. The van der Waals surface area contributed by atoms with E-state index >= 15 is 0 Å². The van der Waals surface area contributed by atoms with Crippen molar-refractivity contribution in [3.05, 3.63) is 71.8 Å². The summed E-state index contributed by atoms with van der Waals surface area (Å²) >= 11 is 1.34. The molecule has 0 spiro atoms. The van der Waals surface area contributed by atoms with Crippen molar-refractivity contribution < 1.29 is 9.18 Å². The number of carbonyl (C=O) groups excluding carboxylic acids is 1. The third kappa shape index (κ3) is 3.65. The molecule has 0 unspecified atom stereocenters. The zero-order valence-corrected chi connectivity index (χ0v) is 13.3. The van der Waals surface area contributed by atoms with Crippen LogP contribution in [0.3, 0.4) is 0 Å². The monoisotopic (exact) mass is 337 g/mol. The van der Waals surface area contributed by atoms with E-state index in [-0.39, 0.29) is 18.1 Å². The molecule has 1 aromatic carbocycles. The molecule has 0 fully saturated rings. The van der Waals surface area contributed by atoms with Gasteiger partial charge in [-0.2, -0.15) is 5.26 Å². The first-order valence-electron chi connectivity index (χ1n) is 7.14. The van der Waals surface area contributed by atoms with Crippen molar-refractivity contribution in [2.45, 2.75) is 6.42 Å². The van der Waals surface area contributed by atoms with Crippen molar-refractivity contribution in [3.63, 3.8) is 0 Å². The number of nitrogens with one attached hydrogen (secondary N) is 1. The Balaban J connectivity index is 1.77. The van der Waals surface area contributed by atoms with Gasteiger partial charge in [-0.3, -0.25) is 9.78 Å². The highest BCUT2D eigenvalue weighted by Crippen LogP contribution is 2.34. The van der Waals surface area contributed by atoms with Crippen LogP contribution in [0.5, 0.6) is 0 Å². The average Bonchev–Trinajstić information content (AvgIpc) is 3.00. The van der Waals surface area contributed by atoms with Crippen LogP contribution in [0.2, 0.25) is 0 Å². The SMILES string of the molecule is N#Cc1cc(-c2ccncc2)sc1NC(=O)Cc1ccc(F)cc1. The van der Waals surface area contributed by atoms with E-state index in [2.05, 4.69) is 16.4 Å². The molecule has 0 radical (unpaired) electrons. The minimum absolute atomic E-state index is 0.119. The number of hydrogen-bond acceptors (Lipinski definition) is 4. The Bertz CT molecular complexity index is 898. The first-order valence-corrected chi connectivity index (χ1v) is 7.96. The number of anilines is 1. The maximum absolute atomic E-state index is 12.9. The zero-order valence-electron chi connectivity index (χ0n) is 12.5. The summed E-state index contributed by atoms with van der Waals surface area (Å²) in [5, 5.41) is 12.5. The molecule has 1 amide bonds. The van der Waals surface area contributed by atoms with Gasteiger partial charge >= 0.3 is 0 Å². The molecule has 0 saturated heterocycles. The number of nitriles is 1. The van der Waals surface area contributed by atoms with Crippen LogP contribution in [-0.4, -0.2) is 10.9 Å². The smallest absolute Gasteiger partial charge is 0.229 e. The molecule has 2 aromatic heterocycles. The first kappa shape index (κ1) is 15.8. The van der Waals surface area contributed by atoms with Gasteiger partial charge in [0.1, 0.15) is 16.9 Å². The quantitative estimate of drug-likeness (QED) is 0.782. The van der Waals surface area contributed by atoms with Crippen LogP contribution in [0.4, 0.5) is 9.39 Å². The van der Waals surface area contributed by atoms with Gasteiger partial charge in [0, 0.05) is 17.3 Å². The van der Waals surface area contributed by atoms with Gasteiger partial charge in [-0.1, -0.05) is 12.1 Å². The second kappa shape index (κ2) is 7.02. The third-order valence-electron chi connectivity index (χ3n) is 3.35. The highest BCUT2D eigenvalue weighted by molar-refractivity contribution is 7.19. The Kier molecular flexibility index (Phi) is 4.64. The lowest BCUT2D eigenvalue weighted by molar-refractivity contribution is -0.115. The molecule has 6 heteroatoms. The minimum Gasteiger partial charge on any atom is -0.316 e. The maximum Gasteiger partial charge on any atom is 0.229 e. The van der Waals surface area contributed by atoms with E-state index in [0.717, 1.165) is 10.4 Å². The number of pyridine rings is 1. The number of nitrogens with zero attached hydrogens (tertiary/aromatic N) is 2. The lowest BCUT2D eigenvalue weighted by atomic mass is 10.1. The summed E-state index contributed by atoms with van der Waals surface area (Å²) in [4.78, 5) is 17.0. The van der Waals surface area contributed by atoms with Crippen molar-refractivity contribution >= 4 is 22.2 Å². The summed E-state index contributed by atoms with van der Waals surface area (Å²) in [5.41, 5.74) is 2.06. The van der Waals surface area contributed by atoms with E-state index < -0.39 is 0 Å². The molecular formula is C18H12FN3OS. The number of aromatic nitrogens is 1. The Labute approximate surface area is 142 Å². The molecule has 0 aliphatic heterocycles. The number of benzene rings is 1. The predicted molar refractivity (Wildman–Crippen MR) is 91.0 cm³/mol. The molecule has 118 valence electrons. The molecule has 1 N–H and O–H groups in total. The fourth-order valence-corrected chi connectivity index (χ4v) is 3.21. The second-order valence-corrected chi connectivity index (χ2v) is 6.10. The molecule has 3 rings (SSSR count). The number of halogens is 1. The van der Waals surface area contributed by atoms with Gasteiger partial charge in [0.15, 0.2) is 0 Å². The van der Waals surface area contributed by atoms with E-state index in [0.29, 0.717) is 16.1 Å². The fourth-order valence-electron chi connectivity index (χ4n) is 2.18. The van der Waals surface area contributed by atoms with Crippen LogP contribution in [0.15, 0.2) is 54.9 Å². The summed E-state index contributed by atoms with van der Waals surface area (Å²) in [6.07, 6.45) is 3.47. The summed E-state index contributed by atoms with van der Waals surface area (Å²) in [6.45, 7) is 0. The second-order valence-electron chi connectivity index (χ2n) is 5.05. The van der Waals surface area contributed by atoms with E-state index in [1.165, 1.54) is 23.5 Å². The highest BCUT2D eigenvalue weighted by Gasteiger charge is 2.13. The molecule has 4 nitrogen and oxygen atoms in total. The first-order chi connectivity index (χ1) is 11.7. The molecule has 0 aliphatic carbocycles. The Morgan fingerprint density at radius 3 is 2.58 bits per heavy atom. The topological polar surface area (TPSA) is 65.8 Å². The van der Waals surface area contributed by atoms with Crippen molar-refractivity contribution in [3.8, 4) is 16.5 Å². The molecule has 0 aliphatic rings. The molecule has 0 atom stereocenters. The maximum atomic E-state index is 12.9. The van der Waals surface area contributed by atoms with E-state index in [9.17, 15) is 14.4 Å². The molecule has 3 aromatic rings. The molecule has 0 bridgehead atoms. The van der Waals surface area contributed by atoms with Gasteiger partial charge < -0.3 is 5.32 Å². The van der Waals surface area contributed by atoms with Crippen molar-refractivity contribution in [2.24, 2.45) is 0 Å². The van der Waals surface area contributed by atoms with E-state index in [1.54, 1.807) is 30.6 Å². The van der Waals surface area contributed by atoms with Crippen molar-refractivity contribution in [1.82, 2.24) is 4.98 Å². The van der Waals surface area contributed by atoms with Gasteiger partial charge in [0.25, 0.3) is 0 Å².